The predicted octanol–water partition coefficient (Wildman–Crippen LogP) is 5.38. The maximum atomic E-state index is 6.16. The molecule has 1 aromatic heterocycles. The van der Waals surface area contributed by atoms with Crippen LogP contribution in [0.2, 0.25) is 10.0 Å². The van der Waals surface area contributed by atoms with E-state index in [9.17, 15) is 0 Å². The van der Waals surface area contributed by atoms with Gasteiger partial charge in [-0.2, -0.15) is 0 Å². The topological polar surface area (TPSA) is 51.0 Å². The standard InChI is InChI=1S/C16H13Cl2N3OS/c1-23-14-5-3-2-4-13(14)19-9-15-20-21-16(22-15)11-7-6-10(17)8-12(11)18/h2-8,19H,9H2,1H3. The van der Waals surface area contributed by atoms with Crippen LogP contribution in [0.4, 0.5) is 5.69 Å². The minimum absolute atomic E-state index is 0.376. The van der Waals surface area contributed by atoms with Crippen LogP contribution in [-0.2, 0) is 6.54 Å². The Morgan fingerprint density at radius 1 is 1.13 bits per heavy atom. The molecule has 1 heterocycles. The fourth-order valence-electron chi connectivity index (χ4n) is 2.06. The third-order valence-electron chi connectivity index (χ3n) is 3.17. The number of rotatable bonds is 5. The van der Waals surface area contributed by atoms with E-state index in [1.54, 1.807) is 30.0 Å². The molecule has 0 saturated carbocycles. The molecule has 3 aromatic rings. The molecule has 0 atom stereocenters. The molecule has 0 aliphatic heterocycles. The van der Waals surface area contributed by atoms with E-state index in [1.165, 1.54) is 0 Å². The molecule has 23 heavy (non-hydrogen) atoms. The number of thioether (sulfide) groups is 1. The van der Waals surface area contributed by atoms with Gasteiger partial charge in [-0.3, -0.25) is 0 Å². The van der Waals surface area contributed by atoms with Crippen LogP contribution < -0.4 is 5.32 Å². The van der Waals surface area contributed by atoms with Crippen molar-refractivity contribution in [2.24, 2.45) is 0 Å². The summed E-state index contributed by atoms with van der Waals surface area (Å²) in [6.45, 7) is 0.440. The number of hydrogen-bond acceptors (Lipinski definition) is 5. The molecule has 0 aliphatic rings. The lowest BCUT2D eigenvalue weighted by molar-refractivity contribution is 0.515. The summed E-state index contributed by atoms with van der Waals surface area (Å²) in [5, 5.41) is 12.4. The molecule has 0 saturated heterocycles. The maximum Gasteiger partial charge on any atom is 0.249 e. The van der Waals surface area contributed by atoms with E-state index in [-0.39, 0.29) is 0 Å². The van der Waals surface area contributed by atoms with Crippen LogP contribution in [-0.4, -0.2) is 16.5 Å². The minimum atomic E-state index is 0.376. The van der Waals surface area contributed by atoms with E-state index >= 15 is 0 Å². The van der Waals surface area contributed by atoms with Gasteiger partial charge in [-0.05, 0) is 36.6 Å². The summed E-state index contributed by atoms with van der Waals surface area (Å²) in [6, 6.07) is 13.2. The molecule has 0 aliphatic carbocycles. The highest BCUT2D eigenvalue weighted by molar-refractivity contribution is 7.98. The van der Waals surface area contributed by atoms with Gasteiger partial charge in [-0.25, -0.2) is 0 Å². The second kappa shape index (κ2) is 7.25. The van der Waals surface area contributed by atoms with Crippen LogP contribution in [0.5, 0.6) is 0 Å². The van der Waals surface area contributed by atoms with E-state index in [1.807, 2.05) is 24.5 Å². The molecular weight excluding hydrogens is 353 g/mol. The summed E-state index contributed by atoms with van der Waals surface area (Å²) in [5.41, 5.74) is 1.70. The van der Waals surface area contributed by atoms with Gasteiger partial charge in [0, 0.05) is 15.6 Å². The zero-order chi connectivity index (χ0) is 16.2. The maximum absolute atomic E-state index is 6.16. The van der Waals surface area contributed by atoms with Crippen molar-refractivity contribution in [3.8, 4) is 11.5 Å². The molecule has 2 aromatic carbocycles. The smallest absolute Gasteiger partial charge is 0.249 e. The highest BCUT2D eigenvalue weighted by Crippen LogP contribution is 2.30. The lowest BCUT2D eigenvalue weighted by atomic mass is 10.2. The first kappa shape index (κ1) is 16.2. The number of hydrogen-bond donors (Lipinski definition) is 1. The molecular formula is C16H13Cl2N3OS. The number of para-hydroxylation sites is 1. The van der Waals surface area contributed by atoms with Crippen molar-refractivity contribution < 1.29 is 4.42 Å². The Labute approximate surface area is 148 Å². The molecule has 0 bridgehead atoms. The summed E-state index contributed by atoms with van der Waals surface area (Å²) in [5.74, 6) is 0.864. The SMILES string of the molecule is CSc1ccccc1NCc1nnc(-c2ccc(Cl)cc2Cl)o1. The van der Waals surface area contributed by atoms with Gasteiger partial charge in [0.25, 0.3) is 0 Å². The summed E-state index contributed by atoms with van der Waals surface area (Å²) >= 11 is 13.7. The number of benzene rings is 2. The Bertz CT molecular complexity index is 823. The quantitative estimate of drug-likeness (QED) is 0.615. The summed E-state index contributed by atoms with van der Waals surface area (Å²) in [4.78, 5) is 1.16. The van der Waals surface area contributed by atoms with Gasteiger partial charge in [0.15, 0.2) is 0 Å². The Morgan fingerprint density at radius 2 is 1.96 bits per heavy atom. The van der Waals surface area contributed by atoms with Crippen LogP contribution >= 0.6 is 35.0 Å². The number of aromatic nitrogens is 2. The summed E-state index contributed by atoms with van der Waals surface area (Å²) < 4.78 is 5.67. The zero-order valence-electron chi connectivity index (χ0n) is 12.2. The first-order valence-electron chi connectivity index (χ1n) is 6.82. The van der Waals surface area contributed by atoms with E-state index in [2.05, 4.69) is 21.6 Å². The van der Waals surface area contributed by atoms with Gasteiger partial charge in [-0.1, -0.05) is 35.3 Å². The van der Waals surface area contributed by atoms with Gasteiger partial charge in [0.1, 0.15) is 0 Å². The molecule has 4 nitrogen and oxygen atoms in total. The normalized spacial score (nSPS) is 10.7. The fourth-order valence-corrected chi connectivity index (χ4v) is 3.12. The van der Waals surface area contributed by atoms with E-state index < -0.39 is 0 Å². The lowest BCUT2D eigenvalue weighted by Gasteiger charge is -2.07. The average molecular weight is 366 g/mol. The van der Waals surface area contributed by atoms with Crippen molar-refractivity contribution >= 4 is 40.7 Å². The van der Waals surface area contributed by atoms with Crippen molar-refractivity contribution in [2.45, 2.75) is 11.4 Å². The molecule has 0 fully saturated rings. The molecule has 0 amide bonds. The van der Waals surface area contributed by atoms with E-state index in [4.69, 9.17) is 27.6 Å². The predicted molar refractivity (Wildman–Crippen MR) is 95.3 cm³/mol. The third-order valence-corrected chi connectivity index (χ3v) is 4.51. The Balaban J connectivity index is 1.75. The Kier molecular flexibility index (Phi) is 5.10. The monoisotopic (exact) mass is 365 g/mol. The van der Waals surface area contributed by atoms with Gasteiger partial charge in [0.05, 0.1) is 17.1 Å². The van der Waals surface area contributed by atoms with Crippen LogP contribution in [0, 0.1) is 0 Å². The van der Waals surface area contributed by atoms with Gasteiger partial charge >= 0.3 is 0 Å². The second-order valence-corrected chi connectivity index (χ2v) is 6.37. The Hall–Kier alpha value is -1.69. The van der Waals surface area contributed by atoms with E-state index in [0.29, 0.717) is 33.9 Å². The highest BCUT2D eigenvalue weighted by atomic mass is 35.5. The van der Waals surface area contributed by atoms with Gasteiger partial charge in [0.2, 0.25) is 11.8 Å². The van der Waals surface area contributed by atoms with Crippen molar-refractivity contribution in [3.63, 3.8) is 0 Å². The van der Waals surface area contributed by atoms with Crippen molar-refractivity contribution in [1.82, 2.24) is 10.2 Å². The largest absolute Gasteiger partial charge is 0.419 e. The average Bonchev–Trinajstić information content (AvgIpc) is 3.02. The zero-order valence-corrected chi connectivity index (χ0v) is 14.5. The first-order valence-corrected chi connectivity index (χ1v) is 8.80. The van der Waals surface area contributed by atoms with Crippen LogP contribution in [0.15, 0.2) is 51.8 Å². The lowest BCUT2D eigenvalue weighted by Crippen LogP contribution is -2.00. The van der Waals surface area contributed by atoms with Gasteiger partial charge < -0.3 is 9.73 Å². The molecule has 0 spiro atoms. The molecule has 0 radical (unpaired) electrons. The van der Waals surface area contributed by atoms with E-state index in [0.717, 1.165) is 10.6 Å². The van der Waals surface area contributed by atoms with Gasteiger partial charge in [-0.15, -0.1) is 22.0 Å². The summed E-state index contributed by atoms with van der Waals surface area (Å²) in [7, 11) is 0. The van der Waals surface area contributed by atoms with Crippen molar-refractivity contribution in [1.29, 1.82) is 0 Å². The van der Waals surface area contributed by atoms with Crippen molar-refractivity contribution in [3.05, 3.63) is 58.4 Å². The molecule has 118 valence electrons. The Morgan fingerprint density at radius 3 is 2.74 bits per heavy atom. The minimum Gasteiger partial charge on any atom is -0.419 e. The van der Waals surface area contributed by atoms with Crippen LogP contribution in [0.25, 0.3) is 11.5 Å². The summed E-state index contributed by atoms with van der Waals surface area (Å²) in [6.07, 6.45) is 2.04. The second-order valence-electron chi connectivity index (χ2n) is 4.68. The molecule has 7 heteroatoms. The molecule has 0 unspecified atom stereocenters. The molecule has 1 N–H and O–H groups in total. The van der Waals surface area contributed by atoms with Crippen LogP contribution in [0.3, 0.4) is 0 Å². The number of nitrogens with one attached hydrogen (secondary N) is 1. The first-order chi connectivity index (χ1) is 11.2. The number of halogens is 2. The third kappa shape index (κ3) is 3.80. The number of nitrogens with zero attached hydrogens (tertiary/aromatic N) is 2. The van der Waals surface area contributed by atoms with Crippen molar-refractivity contribution in [2.75, 3.05) is 11.6 Å². The van der Waals surface area contributed by atoms with Crippen LogP contribution in [0.1, 0.15) is 5.89 Å². The molecule has 3 rings (SSSR count). The fraction of sp³-hybridized carbons (Fsp3) is 0.125. The highest BCUT2D eigenvalue weighted by Gasteiger charge is 2.12. The number of anilines is 1.